The molecule has 194 valence electrons. The van der Waals surface area contributed by atoms with Gasteiger partial charge in [0, 0.05) is 42.7 Å². The predicted molar refractivity (Wildman–Crippen MR) is 130 cm³/mol. The molecule has 12 heteroatoms. The number of amides is 1. The third kappa shape index (κ3) is 6.72. The first-order chi connectivity index (χ1) is 16.2. The van der Waals surface area contributed by atoms with E-state index in [9.17, 15) is 27.9 Å². The number of carboxylic acids is 1. The van der Waals surface area contributed by atoms with E-state index in [0.717, 1.165) is 0 Å². The molecule has 2 fully saturated rings. The number of aliphatic carboxylic acids is 1. The molecular weight excluding hydrogens is 498 g/mol. The van der Waals surface area contributed by atoms with Gasteiger partial charge in [0.25, 0.3) is 10.2 Å². The first-order valence-corrected chi connectivity index (χ1v) is 13.3. The van der Waals surface area contributed by atoms with Gasteiger partial charge in [-0.25, -0.2) is 4.79 Å². The van der Waals surface area contributed by atoms with Gasteiger partial charge in [-0.15, -0.1) is 0 Å². The van der Waals surface area contributed by atoms with E-state index < -0.39 is 33.4 Å². The topological polar surface area (TPSA) is 133 Å². The number of nitrogens with zero attached hydrogens (tertiary/aromatic N) is 2. The Labute approximate surface area is 210 Å². The quantitative estimate of drug-likeness (QED) is 0.541. The normalized spacial score (nSPS) is 19.8. The summed E-state index contributed by atoms with van der Waals surface area (Å²) in [5, 5.41) is 10.4. The van der Waals surface area contributed by atoms with Crippen LogP contribution in [0.15, 0.2) is 24.3 Å². The molecular formula is C23H32ClN3O7S. The Bertz CT molecular complexity index is 1050. The Kier molecular flexibility index (Phi) is 8.15. The van der Waals surface area contributed by atoms with Crippen molar-refractivity contribution in [1.82, 2.24) is 13.9 Å². The largest absolute Gasteiger partial charge is 0.480 e. The summed E-state index contributed by atoms with van der Waals surface area (Å²) < 4.78 is 35.1. The van der Waals surface area contributed by atoms with Crippen LogP contribution in [-0.4, -0.2) is 77.9 Å². The molecule has 35 heavy (non-hydrogen) atoms. The van der Waals surface area contributed by atoms with Crippen molar-refractivity contribution in [1.29, 1.82) is 0 Å². The highest BCUT2D eigenvalue weighted by Gasteiger charge is 2.47. The first kappa shape index (κ1) is 27.4. The predicted octanol–water partition coefficient (Wildman–Crippen LogP) is 2.92. The van der Waals surface area contributed by atoms with E-state index in [2.05, 4.69) is 4.72 Å². The number of hydrogen-bond acceptors (Lipinski definition) is 6. The molecule has 2 N–H and O–H groups in total. The number of carbonyl (C=O) groups is 3. The van der Waals surface area contributed by atoms with Gasteiger partial charge in [-0.1, -0.05) is 11.6 Å². The highest BCUT2D eigenvalue weighted by Crippen LogP contribution is 2.28. The zero-order valence-corrected chi connectivity index (χ0v) is 21.7. The summed E-state index contributed by atoms with van der Waals surface area (Å²) in [6.45, 7) is 5.48. The van der Waals surface area contributed by atoms with E-state index in [4.69, 9.17) is 16.3 Å². The molecule has 0 saturated carbocycles. The summed E-state index contributed by atoms with van der Waals surface area (Å²) in [6, 6.07) is 6.57. The average molecular weight is 530 g/mol. The second-order valence-corrected chi connectivity index (χ2v) is 12.1. The maximum absolute atomic E-state index is 13.1. The summed E-state index contributed by atoms with van der Waals surface area (Å²) in [5.41, 5.74) is -1.90. The fourth-order valence-corrected chi connectivity index (χ4v) is 6.01. The fraction of sp³-hybridized carbons (Fsp3) is 0.609. The Morgan fingerprint density at radius 3 is 2.09 bits per heavy atom. The number of rotatable bonds is 6. The SMILES string of the molecule is CC(C)(C)OC(=O)N1CCC(NS(=O)(=O)N2CCC(C(=O)c3ccc(Cl)cc3)CC2)(C(=O)O)CC1. The number of Topliss-reactive ketones (excluding diaryl/α,β-unsaturated/α-hetero) is 1. The summed E-state index contributed by atoms with van der Waals surface area (Å²) in [4.78, 5) is 38.6. The summed E-state index contributed by atoms with van der Waals surface area (Å²) in [7, 11) is -4.13. The van der Waals surface area contributed by atoms with Gasteiger partial charge < -0.3 is 14.7 Å². The second kappa shape index (κ2) is 10.4. The number of benzene rings is 1. The van der Waals surface area contributed by atoms with Gasteiger partial charge in [0.2, 0.25) is 0 Å². The molecule has 0 atom stereocenters. The van der Waals surface area contributed by atoms with Gasteiger partial charge in [-0.3, -0.25) is 9.59 Å². The fourth-order valence-electron chi connectivity index (χ4n) is 4.28. The van der Waals surface area contributed by atoms with Crippen LogP contribution in [0.4, 0.5) is 4.79 Å². The monoisotopic (exact) mass is 529 g/mol. The smallest absolute Gasteiger partial charge is 0.410 e. The number of carbonyl (C=O) groups excluding carboxylic acids is 2. The van der Waals surface area contributed by atoms with Gasteiger partial charge in [0.05, 0.1) is 0 Å². The molecule has 0 aliphatic carbocycles. The molecule has 2 saturated heterocycles. The van der Waals surface area contributed by atoms with E-state index in [1.165, 1.54) is 9.21 Å². The molecule has 2 aliphatic heterocycles. The van der Waals surface area contributed by atoms with Crippen LogP contribution in [0.2, 0.25) is 5.02 Å². The molecule has 0 bridgehead atoms. The van der Waals surface area contributed by atoms with Crippen LogP contribution in [0.3, 0.4) is 0 Å². The van der Waals surface area contributed by atoms with Gasteiger partial charge in [0.1, 0.15) is 11.1 Å². The Hall–Kier alpha value is -2.21. The van der Waals surface area contributed by atoms with Crippen LogP contribution in [0.5, 0.6) is 0 Å². The molecule has 1 aromatic carbocycles. The van der Waals surface area contributed by atoms with Crippen LogP contribution in [0.1, 0.15) is 56.8 Å². The molecule has 0 spiro atoms. The number of ether oxygens (including phenoxy) is 1. The number of halogens is 1. The summed E-state index contributed by atoms with van der Waals surface area (Å²) in [6.07, 6.45) is -0.0886. The molecule has 2 heterocycles. The van der Waals surface area contributed by atoms with Crippen molar-refractivity contribution in [3.8, 4) is 0 Å². The lowest BCUT2D eigenvalue weighted by Gasteiger charge is -2.40. The first-order valence-electron chi connectivity index (χ1n) is 11.5. The minimum atomic E-state index is -4.13. The van der Waals surface area contributed by atoms with Crippen molar-refractivity contribution in [3.05, 3.63) is 34.9 Å². The third-order valence-electron chi connectivity index (χ3n) is 6.30. The minimum absolute atomic E-state index is 0.0431. The Balaban J connectivity index is 1.61. The highest BCUT2D eigenvalue weighted by molar-refractivity contribution is 7.87. The molecule has 3 rings (SSSR count). The molecule has 2 aliphatic rings. The van der Waals surface area contributed by atoms with Crippen molar-refractivity contribution in [2.75, 3.05) is 26.2 Å². The average Bonchev–Trinajstić information content (AvgIpc) is 2.78. The van der Waals surface area contributed by atoms with E-state index in [1.54, 1.807) is 45.0 Å². The van der Waals surface area contributed by atoms with Crippen molar-refractivity contribution >= 4 is 39.7 Å². The van der Waals surface area contributed by atoms with E-state index in [1.807, 2.05) is 0 Å². The van der Waals surface area contributed by atoms with Crippen LogP contribution in [0.25, 0.3) is 0 Å². The number of piperidine rings is 2. The molecule has 0 aromatic heterocycles. The highest BCUT2D eigenvalue weighted by atomic mass is 35.5. The number of ketones is 1. The molecule has 10 nitrogen and oxygen atoms in total. The molecule has 0 radical (unpaired) electrons. The van der Waals surface area contributed by atoms with Crippen LogP contribution in [0, 0.1) is 5.92 Å². The van der Waals surface area contributed by atoms with Gasteiger partial charge in [0.15, 0.2) is 5.78 Å². The zero-order valence-electron chi connectivity index (χ0n) is 20.1. The molecule has 1 amide bonds. The lowest BCUT2D eigenvalue weighted by Crippen LogP contribution is -2.63. The maximum atomic E-state index is 13.1. The minimum Gasteiger partial charge on any atom is -0.480 e. The lowest BCUT2D eigenvalue weighted by atomic mass is 9.89. The van der Waals surface area contributed by atoms with Crippen molar-refractivity contribution in [2.24, 2.45) is 5.92 Å². The zero-order chi connectivity index (χ0) is 26.0. The standard InChI is InChI=1S/C23H32ClN3O7S/c1-22(2,3)34-21(31)26-14-10-23(11-15-26,20(29)30)25-35(32,33)27-12-8-17(9-13-27)19(28)16-4-6-18(24)7-5-16/h4-7,17,25H,8-15H2,1-3H3,(H,29,30). The third-order valence-corrected chi connectivity index (χ3v) is 8.24. The van der Waals surface area contributed by atoms with E-state index >= 15 is 0 Å². The maximum Gasteiger partial charge on any atom is 0.410 e. The number of carboxylic acid groups (broad SMARTS) is 1. The Morgan fingerprint density at radius 2 is 1.60 bits per heavy atom. The summed E-state index contributed by atoms with van der Waals surface area (Å²) >= 11 is 5.87. The number of hydrogen-bond donors (Lipinski definition) is 2. The van der Waals surface area contributed by atoms with Gasteiger partial charge in [-0.2, -0.15) is 17.4 Å². The van der Waals surface area contributed by atoms with Crippen LogP contribution >= 0.6 is 11.6 Å². The van der Waals surface area contributed by atoms with E-state index in [0.29, 0.717) is 23.4 Å². The lowest BCUT2D eigenvalue weighted by molar-refractivity contribution is -0.146. The van der Waals surface area contributed by atoms with Gasteiger partial charge >= 0.3 is 12.1 Å². The molecule has 1 aromatic rings. The number of nitrogens with one attached hydrogen (secondary N) is 1. The van der Waals surface area contributed by atoms with Gasteiger partial charge in [-0.05, 0) is 70.7 Å². The summed E-state index contributed by atoms with van der Waals surface area (Å²) in [5.74, 6) is -1.69. The molecule has 0 unspecified atom stereocenters. The second-order valence-electron chi connectivity index (χ2n) is 10.0. The van der Waals surface area contributed by atoms with Crippen molar-refractivity contribution in [3.63, 3.8) is 0 Å². The number of likely N-dealkylation sites (tertiary alicyclic amines) is 1. The van der Waals surface area contributed by atoms with Crippen molar-refractivity contribution < 1.29 is 32.6 Å². The van der Waals surface area contributed by atoms with Crippen LogP contribution < -0.4 is 4.72 Å². The van der Waals surface area contributed by atoms with Crippen LogP contribution in [-0.2, 0) is 19.7 Å². The Morgan fingerprint density at radius 1 is 1.06 bits per heavy atom. The van der Waals surface area contributed by atoms with Crippen molar-refractivity contribution in [2.45, 2.75) is 57.6 Å². The van der Waals surface area contributed by atoms with E-state index in [-0.39, 0.29) is 50.7 Å².